The fourth-order valence-corrected chi connectivity index (χ4v) is 2.55. The SMILES string of the molecule is NC(=O)N(O)CC1CC1c1cccs1. The summed E-state index contributed by atoms with van der Waals surface area (Å²) in [7, 11) is 0. The standard InChI is InChI=1S/C9H12N2O2S/c10-9(12)11(13)5-6-4-7(6)8-2-1-3-14-8/h1-3,6-7,13H,4-5H2,(H2,10,12). The van der Waals surface area contributed by atoms with E-state index in [1.165, 1.54) is 4.88 Å². The Kier molecular flexibility index (Phi) is 2.43. The van der Waals surface area contributed by atoms with Gasteiger partial charge >= 0.3 is 6.03 Å². The molecule has 2 unspecified atom stereocenters. The number of nitrogens with two attached hydrogens (primary N) is 1. The molecule has 1 aliphatic carbocycles. The van der Waals surface area contributed by atoms with Gasteiger partial charge in [0, 0.05) is 4.88 Å². The summed E-state index contributed by atoms with van der Waals surface area (Å²) in [6.07, 6.45) is 1.03. The van der Waals surface area contributed by atoms with Gasteiger partial charge in [-0.05, 0) is 29.7 Å². The molecule has 0 bridgehead atoms. The average Bonchev–Trinajstić information content (AvgIpc) is 2.70. The molecular weight excluding hydrogens is 200 g/mol. The monoisotopic (exact) mass is 212 g/mol. The normalized spacial score (nSPS) is 24.6. The summed E-state index contributed by atoms with van der Waals surface area (Å²) < 4.78 is 0. The van der Waals surface area contributed by atoms with Crippen molar-refractivity contribution in [2.45, 2.75) is 12.3 Å². The molecule has 2 atom stereocenters. The van der Waals surface area contributed by atoms with Crippen molar-refractivity contribution in [2.75, 3.05) is 6.54 Å². The van der Waals surface area contributed by atoms with Crippen molar-refractivity contribution in [3.05, 3.63) is 22.4 Å². The summed E-state index contributed by atoms with van der Waals surface area (Å²) in [4.78, 5) is 11.9. The molecule has 1 heterocycles. The number of carbonyl (C=O) groups excluding carboxylic acids is 1. The van der Waals surface area contributed by atoms with Crippen molar-refractivity contribution in [1.29, 1.82) is 0 Å². The van der Waals surface area contributed by atoms with Crippen molar-refractivity contribution < 1.29 is 10.0 Å². The number of rotatable bonds is 3. The third-order valence-electron chi connectivity index (χ3n) is 2.49. The van der Waals surface area contributed by atoms with E-state index < -0.39 is 6.03 Å². The lowest BCUT2D eigenvalue weighted by Gasteiger charge is -2.10. The van der Waals surface area contributed by atoms with Crippen molar-refractivity contribution in [2.24, 2.45) is 11.7 Å². The quantitative estimate of drug-likeness (QED) is 0.590. The lowest BCUT2D eigenvalue weighted by atomic mass is 10.2. The molecule has 0 saturated heterocycles. The van der Waals surface area contributed by atoms with E-state index in [-0.39, 0.29) is 0 Å². The summed E-state index contributed by atoms with van der Waals surface area (Å²) in [5.41, 5.74) is 4.92. The lowest BCUT2D eigenvalue weighted by molar-refractivity contribution is -0.0431. The van der Waals surface area contributed by atoms with Crippen molar-refractivity contribution in [3.8, 4) is 0 Å². The van der Waals surface area contributed by atoms with Crippen LogP contribution in [0.2, 0.25) is 0 Å². The molecule has 0 aromatic carbocycles. The summed E-state index contributed by atoms with van der Waals surface area (Å²) in [5.74, 6) is 0.871. The fraction of sp³-hybridized carbons (Fsp3) is 0.444. The van der Waals surface area contributed by atoms with Crippen LogP contribution in [-0.4, -0.2) is 22.8 Å². The molecule has 3 N–H and O–H groups in total. The van der Waals surface area contributed by atoms with Gasteiger partial charge in [-0.25, -0.2) is 9.86 Å². The van der Waals surface area contributed by atoms with Crippen LogP contribution in [0.15, 0.2) is 17.5 Å². The third-order valence-corrected chi connectivity index (χ3v) is 3.50. The predicted molar refractivity (Wildman–Crippen MR) is 53.2 cm³/mol. The zero-order chi connectivity index (χ0) is 10.1. The number of urea groups is 1. The van der Waals surface area contributed by atoms with Crippen LogP contribution in [0.3, 0.4) is 0 Å². The van der Waals surface area contributed by atoms with Gasteiger partial charge in [-0.2, -0.15) is 0 Å². The second-order valence-electron chi connectivity index (χ2n) is 3.54. The first-order chi connectivity index (χ1) is 6.68. The van der Waals surface area contributed by atoms with Crippen LogP contribution in [0.5, 0.6) is 0 Å². The van der Waals surface area contributed by atoms with Crippen LogP contribution < -0.4 is 5.73 Å². The van der Waals surface area contributed by atoms with E-state index in [1.54, 1.807) is 11.3 Å². The predicted octanol–water partition coefficient (Wildman–Crippen LogP) is 1.62. The molecule has 5 heteroatoms. The minimum Gasteiger partial charge on any atom is -0.350 e. The maximum atomic E-state index is 10.6. The van der Waals surface area contributed by atoms with Crippen molar-refractivity contribution >= 4 is 17.4 Å². The first kappa shape index (κ1) is 9.48. The van der Waals surface area contributed by atoms with Gasteiger partial charge < -0.3 is 5.73 Å². The first-order valence-corrected chi connectivity index (χ1v) is 5.35. The molecular formula is C9H12N2O2S. The highest BCUT2D eigenvalue weighted by Crippen LogP contribution is 2.49. The van der Waals surface area contributed by atoms with E-state index >= 15 is 0 Å². The van der Waals surface area contributed by atoms with E-state index in [0.29, 0.717) is 23.4 Å². The molecule has 2 amide bonds. The molecule has 1 aromatic rings. The maximum absolute atomic E-state index is 10.6. The Balaban J connectivity index is 1.85. The molecule has 1 aliphatic rings. The molecule has 2 rings (SSSR count). The number of hydroxylamine groups is 2. The largest absolute Gasteiger partial charge is 0.350 e. The van der Waals surface area contributed by atoms with Gasteiger partial charge in [0.05, 0.1) is 6.54 Å². The second-order valence-corrected chi connectivity index (χ2v) is 4.52. The minimum absolute atomic E-state index is 0.345. The zero-order valence-electron chi connectivity index (χ0n) is 7.59. The smallest absolute Gasteiger partial charge is 0.338 e. The number of nitrogens with zero attached hydrogens (tertiary/aromatic N) is 1. The first-order valence-electron chi connectivity index (χ1n) is 4.47. The van der Waals surface area contributed by atoms with Crippen LogP contribution in [0.25, 0.3) is 0 Å². The molecule has 76 valence electrons. The number of carbonyl (C=O) groups is 1. The van der Waals surface area contributed by atoms with Crippen molar-refractivity contribution in [3.63, 3.8) is 0 Å². The molecule has 4 nitrogen and oxygen atoms in total. The molecule has 1 fully saturated rings. The number of amides is 2. The van der Waals surface area contributed by atoms with Crippen molar-refractivity contribution in [1.82, 2.24) is 5.06 Å². The van der Waals surface area contributed by atoms with Crippen LogP contribution in [-0.2, 0) is 0 Å². The summed E-state index contributed by atoms with van der Waals surface area (Å²) in [6, 6.07) is 3.32. The van der Waals surface area contributed by atoms with Crippen LogP contribution >= 0.6 is 11.3 Å². The Morgan fingerprint density at radius 3 is 3.14 bits per heavy atom. The van der Waals surface area contributed by atoms with Gasteiger partial charge in [0.15, 0.2) is 0 Å². The molecule has 0 radical (unpaired) electrons. The molecule has 1 saturated carbocycles. The summed E-state index contributed by atoms with van der Waals surface area (Å²) in [6.45, 7) is 0.345. The molecule has 0 spiro atoms. The lowest BCUT2D eigenvalue weighted by Crippen LogP contribution is -2.34. The molecule has 14 heavy (non-hydrogen) atoms. The van der Waals surface area contributed by atoms with E-state index in [1.807, 2.05) is 11.4 Å². The van der Waals surface area contributed by atoms with E-state index in [2.05, 4.69) is 6.07 Å². The number of hydrogen-bond acceptors (Lipinski definition) is 3. The average molecular weight is 212 g/mol. The highest BCUT2D eigenvalue weighted by Gasteiger charge is 2.40. The Labute approximate surface area is 85.9 Å². The fourth-order valence-electron chi connectivity index (χ4n) is 1.61. The van der Waals surface area contributed by atoms with Crippen LogP contribution in [0.1, 0.15) is 17.2 Å². The van der Waals surface area contributed by atoms with Gasteiger partial charge in [-0.1, -0.05) is 6.07 Å². The zero-order valence-corrected chi connectivity index (χ0v) is 8.41. The van der Waals surface area contributed by atoms with E-state index in [9.17, 15) is 4.79 Å². The van der Waals surface area contributed by atoms with Gasteiger partial charge in [0.25, 0.3) is 0 Å². The van der Waals surface area contributed by atoms with Crippen LogP contribution in [0, 0.1) is 5.92 Å². The summed E-state index contributed by atoms with van der Waals surface area (Å²) in [5, 5.41) is 11.7. The highest BCUT2D eigenvalue weighted by atomic mass is 32.1. The molecule has 1 aromatic heterocycles. The van der Waals surface area contributed by atoms with Gasteiger partial charge in [0.1, 0.15) is 0 Å². The summed E-state index contributed by atoms with van der Waals surface area (Å²) >= 11 is 1.72. The minimum atomic E-state index is -0.776. The third kappa shape index (κ3) is 1.88. The van der Waals surface area contributed by atoms with Gasteiger partial charge in [-0.15, -0.1) is 11.3 Å². The van der Waals surface area contributed by atoms with E-state index in [0.717, 1.165) is 6.42 Å². The second kappa shape index (κ2) is 3.59. The Bertz CT molecular complexity index is 326. The van der Waals surface area contributed by atoms with Crippen LogP contribution in [0.4, 0.5) is 4.79 Å². The Hall–Kier alpha value is -1.07. The highest BCUT2D eigenvalue weighted by molar-refractivity contribution is 7.10. The number of hydrogen-bond donors (Lipinski definition) is 2. The molecule has 0 aliphatic heterocycles. The number of primary amides is 1. The Morgan fingerprint density at radius 1 is 1.79 bits per heavy atom. The van der Waals surface area contributed by atoms with Gasteiger partial charge in [-0.3, -0.25) is 5.21 Å². The Morgan fingerprint density at radius 2 is 2.57 bits per heavy atom. The maximum Gasteiger partial charge on any atom is 0.338 e. The van der Waals surface area contributed by atoms with E-state index in [4.69, 9.17) is 10.9 Å². The number of thiophene rings is 1. The van der Waals surface area contributed by atoms with Gasteiger partial charge in [0.2, 0.25) is 0 Å². The topological polar surface area (TPSA) is 66.6 Å².